The molecule has 2 heteroatoms. The largest absolute Gasteiger partial charge is 0.300 e. The van der Waals surface area contributed by atoms with Crippen molar-refractivity contribution in [2.24, 2.45) is 46.3 Å². The van der Waals surface area contributed by atoms with Crippen LogP contribution in [0.25, 0.3) is 0 Å². The first-order chi connectivity index (χ1) is 11.8. The second kappa shape index (κ2) is 5.08. The van der Waals surface area contributed by atoms with Crippen molar-refractivity contribution in [3.63, 3.8) is 0 Å². The van der Waals surface area contributed by atoms with Crippen LogP contribution in [-0.4, -0.2) is 11.6 Å². The molecule has 0 saturated heterocycles. The van der Waals surface area contributed by atoms with Crippen molar-refractivity contribution in [2.45, 2.75) is 72.1 Å². The zero-order valence-corrected chi connectivity index (χ0v) is 16.0. The van der Waals surface area contributed by atoms with Crippen molar-refractivity contribution in [3.05, 3.63) is 11.6 Å². The van der Waals surface area contributed by atoms with E-state index in [9.17, 15) is 9.59 Å². The molecule has 0 heterocycles. The van der Waals surface area contributed by atoms with Gasteiger partial charge in [0, 0.05) is 12.3 Å². The molecule has 5 aliphatic carbocycles. The second-order valence-electron chi connectivity index (χ2n) is 10.5. The molecule has 2 nitrogen and oxygen atoms in total. The summed E-state index contributed by atoms with van der Waals surface area (Å²) in [5, 5.41) is 0. The number of hydrogen-bond donors (Lipinski definition) is 0. The lowest BCUT2D eigenvalue weighted by molar-refractivity contribution is -0.129. The predicted molar refractivity (Wildman–Crippen MR) is 97.9 cm³/mol. The number of carbonyl (C=O) groups excluding carboxylic acids is 2. The smallest absolute Gasteiger partial charge is 0.155 e. The second-order valence-corrected chi connectivity index (χ2v) is 10.5. The fourth-order valence-corrected chi connectivity index (χ4v) is 8.78. The molecule has 5 aliphatic rings. The fourth-order valence-electron chi connectivity index (χ4n) is 8.78. The van der Waals surface area contributed by atoms with Crippen molar-refractivity contribution in [1.29, 1.82) is 0 Å². The van der Waals surface area contributed by atoms with Crippen molar-refractivity contribution in [3.8, 4) is 0 Å². The van der Waals surface area contributed by atoms with Crippen molar-refractivity contribution >= 4 is 11.6 Å². The number of rotatable bonds is 1. The Kier molecular flexibility index (Phi) is 3.30. The van der Waals surface area contributed by atoms with Gasteiger partial charge in [-0.1, -0.05) is 19.4 Å². The molecule has 0 aliphatic heterocycles. The lowest BCUT2D eigenvalue weighted by Gasteiger charge is -2.56. The molecule has 8 atom stereocenters. The average Bonchev–Trinajstić information content (AvgIpc) is 3.01. The first kappa shape index (κ1) is 16.3. The first-order valence-electron chi connectivity index (χ1n) is 10.6. The maximum Gasteiger partial charge on any atom is 0.155 e. The van der Waals surface area contributed by atoms with Gasteiger partial charge in [0.15, 0.2) is 5.78 Å². The highest BCUT2D eigenvalue weighted by atomic mass is 16.1. The van der Waals surface area contributed by atoms with Crippen LogP contribution in [0.3, 0.4) is 0 Å². The van der Waals surface area contributed by atoms with Gasteiger partial charge in [0.1, 0.15) is 5.78 Å². The molecular weight excluding hydrogens is 308 g/mol. The zero-order valence-electron chi connectivity index (χ0n) is 16.0. The van der Waals surface area contributed by atoms with Gasteiger partial charge in [-0.3, -0.25) is 9.59 Å². The molecule has 4 saturated carbocycles. The van der Waals surface area contributed by atoms with Crippen LogP contribution in [0, 0.1) is 46.3 Å². The number of fused-ring (bicyclic) bond motifs is 9. The van der Waals surface area contributed by atoms with Crippen LogP contribution >= 0.6 is 0 Å². The summed E-state index contributed by atoms with van der Waals surface area (Å²) in [5.74, 6) is 4.75. The number of carbonyl (C=O) groups is 2. The lowest BCUT2D eigenvalue weighted by atomic mass is 9.48. The molecule has 5 rings (SSSR count). The topological polar surface area (TPSA) is 34.1 Å². The van der Waals surface area contributed by atoms with Crippen LogP contribution in [-0.2, 0) is 9.59 Å². The van der Waals surface area contributed by atoms with Crippen LogP contribution in [0.5, 0.6) is 0 Å². The molecule has 25 heavy (non-hydrogen) atoms. The highest BCUT2D eigenvalue weighted by molar-refractivity contribution is 5.91. The van der Waals surface area contributed by atoms with E-state index >= 15 is 0 Å². The van der Waals surface area contributed by atoms with Crippen molar-refractivity contribution < 1.29 is 9.59 Å². The SMILES string of the molecule is CC(=O)C1CCC2C3CC4CC(C)(C5CCC(=O)C=C45)C3CCC12C. The van der Waals surface area contributed by atoms with Crippen molar-refractivity contribution in [1.82, 2.24) is 0 Å². The standard InChI is InChI=1S/C23H32O2/c1-13(24)18-6-7-20-17-10-14-12-23(3,21(17)8-9-22(18,20)2)19-5-4-15(25)11-16(14)19/h11,14,17-21H,4-10,12H2,1-3H3. The van der Waals surface area contributed by atoms with E-state index in [1.165, 1.54) is 37.7 Å². The highest BCUT2D eigenvalue weighted by Crippen LogP contribution is 2.71. The van der Waals surface area contributed by atoms with Gasteiger partial charge in [-0.05, 0) is 98.4 Å². The zero-order chi connectivity index (χ0) is 17.6. The third-order valence-electron chi connectivity index (χ3n) is 9.69. The van der Waals surface area contributed by atoms with Crippen LogP contribution in [0.1, 0.15) is 72.1 Å². The number of allylic oxidation sites excluding steroid dienone is 2. The molecule has 0 radical (unpaired) electrons. The van der Waals surface area contributed by atoms with E-state index in [-0.39, 0.29) is 5.41 Å². The molecule has 0 aromatic rings. The summed E-state index contributed by atoms with van der Waals surface area (Å²) >= 11 is 0. The van der Waals surface area contributed by atoms with Gasteiger partial charge >= 0.3 is 0 Å². The molecule has 0 N–H and O–H groups in total. The quantitative estimate of drug-likeness (QED) is 0.675. The van der Waals surface area contributed by atoms with Crippen LogP contribution in [0.15, 0.2) is 11.6 Å². The van der Waals surface area contributed by atoms with Gasteiger partial charge in [-0.2, -0.15) is 0 Å². The number of ketones is 2. The predicted octanol–water partition coefficient (Wildman–Crippen LogP) is 4.97. The molecule has 2 bridgehead atoms. The maximum absolute atomic E-state index is 12.3. The summed E-state index contributed by atoms with van der Waals surface area (Å²) in [4.78, 5) is 24.3. The van der Waals surface area contributed by atoms with Gasteiger partial charge in [0.2, 0.25) is 0 Å². The molecule has 0 aromatic heterocycles. The monoisotopic (exact) mass is 340 g/mol. The minimum absolute atomic E-state index is 0.246. The number of Topliss-reactive ketones (excluding diaryl/α,β-unsaturated/α-hetero) is 1. The van der Waals surface area contributed by atoms with Gasteiger partial charge in [-0.25, -0.2) is 0 Å². The van der Waals surface area contributed by atoms with Crippen LogP contribution < -0.4 is 0 Å². The fraction of sp³-hybridized carbons (Fsp3) is 0.826. The Balaban J connectivity index is 1.53. The van der Waals surface area contributed by atoms with E-state index in [1.54, 1.807) is 0 Å². The molecule has 0 spiro atoms. The first-order valence-corrected chi connectivity index (χ1v) is 10.6. The van der Waals surface area contributed by atoms with Crippen molar-refractivity contribution in [2.75, 3.05) is 0 Å². The average molecular weight is 341 g/mol. The Morgan fingerprint density at radius 3 is 2.60 bits per heavy atom. The minimum Gasteiger partial charge on any atom is -0.300 e. The molecular formula is C23H32O2. The van der Waals surface area contributed by atoms with Crippen LogP contribution in [0.4, 0.5) is 0 Å². The molecule has 0 aromatic carbocycles. The van der Waals surface area contributed by atoms with Gasteiger partial charge in [0.25, 0.3) is 0 Å². The normalized spacial score (nSPS) is 53.7. The Morgan fingerprint density at radius 1 is 1.08 bits per heavy atom. The molecule has 8 unspecified atom stereocenters. The maximum atomic E-state index is 12.3. The summed E-state index contributed by atoms with van der Waals surface area (Å²) in [7, 11) is 0. The molecule has 136 valence electrons. The van der Waals surface area contributed by atoms with E-state index in [4.69, 9.17) is 0 Å². The minimum atomic E-state index is 0.246. The van der Waals surface area contributed by atoms with Gasteiger partial charge < -0.3 is 0 Å². The Hall–Kier alpha value is -0.920. The summed E-state index contributed by atoms with van der Waals surface area (Å²) < 4.78 is 0. The highest BCUT2D eigenvalue weighted by Gasteiger charge is 2.64. The lowest BCUT2D eigenvalue weighted by Crippen LogP contribution is -2.50. The summed E-state index contributed by atoms with van der Waals surface area (Å²) in [6, 6.07) is 0. The summed E-state index contributed by atoms with van der Waals surface area (Å²) in [6.45, 7) is 6.81. The Morgan fingerprint density at radius 2 is 1.84 bits per heavy atom. The molecule has 4 fully saturated rings. The van der Waals surface area contributed by atoms with Gasteiger partial charge in [0.05, 0.1) is 0 Å². The Bertz CT molecular complexity index is 676. The van der Waals surface area contributed by atoms with E-state index < -0.39 is 0 Å². The third kappa shape index (κ3) is 1.97. The van der Waals surface area contributed by atoms with E-state index in [1.807, 2.05) is 13.0 Å². The third-order valence-corrected chi connectivity index (χ3v) is 9.69. The van der Waals surface area contributed by atoms with E-state index in [2.05, 4.69) is 13.8 Å². The molecule has 0 amide bonds. The summed E-state index contributed by atoms with van der Waals surface area (Å²) in [6.07, 6.45) is 11.4. The van der Waals surface area contributed by atoms with E-state index in [0.717, 1.165) is 37.0 Å². The summed E-state index contributed by atoms with van der Waals surface area (Å²) in [5.41, 5.74) is 2.18. The van der Waals surface area contributed by atoms with E-state index in [0.29, 0.717) is 34.7 Å². The van der Waals surface area contributed by atoms with Gasteiger partial charge in [-0.15, -0.1) is 0 Å². The number of hydrogen-bond acceptors (Lipinski definition) is 2. The van der Waals surface area contributed by atoms with Crippen LogP contribution in [0.2, 0.25) is 0 Å². The Labute approximate surface area is 151 Å².